The van der Waals surface area contributed by atoms with E-state index in [0.717, 1.165) is 45.9 Å². The molecule has 1 aromatic heterocycles. The van der Waals surface area contributed by atoms with Crippen LogP contribution in [0.5, 0.6) is 0 Å². The molecule has 0 bridgehead atoms. The van der Waals surface area contributed by atoms with Gasteiger partial charge in [0.1, 0.15) is 0 Å². The summed E-state index contributed by atoms with van der Waals surface area (Å²) in [4.78, 5) is 9.44. The molecule has 0 amide bonds. The van der Waals surface area contributed by atoms with Gasteiger partial charge in [0, 0.05) is 52.1 Å². The van der Waals surface area contributed by atoms with Gasteiger partial charge in [0.25, 0.3) is 0 Å². The lowest BCUT2D eigenvalue weighted by Gasteiger charge is -2.35. The van der Waals surface area contributed by atoms with Crippen LogP contribution in [-0.4, -0.2) is 60.2 Å². The van der Waals surface area contributed by atoms with Gasteiger partial charge >= 0.3 is 0 Å². The van der Waals surface area contributed by atoms with Crippen LogP contribution in [0.1, 0.15) is 18.5 Å². The van der Waals surface area contributed by atoms with Gasteiger partial charge in [-0.2, -0.15) is 0 Å². The molecule has 2 aliphatic heterocycles. The number of aromatic nitrogens is 1. The third-order valence-corrected chi connectivity index (χ3v) is 4.06. The fourth-order valence-corrected chi connectivity index (χ4v) is 2.93. The summed E-state index contributed by atoms with van der Waals surface area (Å²) in [6.45, 7) is 7.67. The third kappa shape index (κ3) is 6.57. The van der Waals surface area contributed by atoms with Crippen molar-refractivity contribution in [3.05, 3.63) is 30.1 Å². The average molecular weight is 371 g/mol. The number of halogens is 3. The molecule has 0 aromatic carbocycles. The molecule has 0 N–H and O–H groups in total. The lowest BCUT2D eigenvalue weighted by atomic mass is 10.2. The highest BCUT2D eigenvalue weighted by molar-refractivity contribution is 5.86. The summed E-state index contributed by atoms with van der Waals surface area (Å²) in [5, 5.41) is 0. The van der Waals surface area contributed by atoms with Crippen LogP contribution >= 0.6 is 37.2 Å². The van der Waals surface area contributed by atoms with Crippen molar-refractivity contribution in [3.63, 3.8) is 0 Å². The zero-order valence-electron chi connectivity index (χ0n) is 12.7. The number of piperazine rings is 1. The highest BCUT2D eigenvalue weighted by atomic mass is 35.5. The molecule has 0 saturated carbocycles. The summed E-state index contributed by atoms with van der Waals surface area (Å²) < 4.78 is 5.71. The first-order chi connectivity index (χ1) is 9.40. The number of ether oxygens (including phenoxy) is 1. The first kappa shape index (κ1) is 21.9. The van der Waals surface area contributed by atoms with E-state index in [1.807, 2.05) is 12.3 Å². The summed E-state index contributed by atoms with van der Waals surface area (Å²) in [5.74, 6) is 0. The topological polar surface area (TPSA) is 28.6 Å². The first-order valence-electron chi connectivity index (χ1n) is 7.36. The SMILES string of the molecule is Cl.Cl.Cl.c1ccc(CN2CCN(CC3CCCO3)CC2)nc1. The maximum absolute atomic E-state index is 5.71. The molecule has 3 heterocycles. The molecule has 2 fully saturated rings. The van der Waals surface area contributed by atoms with E-state index in [9.17, 15) is 0 Å². The number of hydrogen-bond acceptors (Lipinski definition) is 4. The molecule has 1 atom stereocenters. The molecular formula is C15H26Cl3N3O. The molecule has 0 aliphatic carbocycles. The van der Waals surface area contributed by atoms with Crippen molar-refractivity contribution in [1.29, 1.82) is 0 Å². The molecule has 22 heavy (non-hydrogen) atoms. The fraction of sp³-hybridized carbons (Fsp3) is 0.667. The minimum atomic E-state index is 0. The maximum Gasteiger partial charge on any atom is 0.0702 e. The Kier molecular flexibility index (Phi) is 11.4. The van der Waals surface area contributed by atoms with Crippen molar-refractivity contribution in [2.45, 2.75) is 25.5 Å². The second kappa shape index (κ2) is 11.4. The van der Waals surface area contributed by atoms with Crippen LogP contribution in [0.2, 0.25) is 0 Å². The Morgan fingerprint density at radius 2 is 1.77 bits per heavy atom. The summed E-state index contributed by atoms with van der Waals surface area (Å²) in [7, 11) is 0. The molecular weight excluding hydrogens is 345 g/mol. The summed E-state index contributed by atoms with van der Waals surface area (Å²) in [6.07, 6.45) is 4.85. The largest absolute Gasteiger partial charge is 0.377 e. The molecule has 1 unspecified atom stereocenters. The Bertz CT molecular complexity index is 383. The van der Waals surface area contributed by atoms with Gasteiger partial charge in [-0.1, -0.05) is 6.07 Å². The molecule has 3 rings (SSSR count). The van der Waals surface area contributed by atoms with Gasteiger partial charge in [-0.15, -0.1) is 37.2 Å². The van der Waals surface area contributed by atoms with E-state index in [0.29, 0.717) is 6.10 Å². The Morgan fingerprint density at radius 1 is 1.05 bits per heavy atom. The molecule has 0 radical (unpaired) electrons. The van der Waals surface area contributed by atoms with Gasteiger partial charge in [0.2, 0.25) is 0 Å². The van der Waals surface area contributed by atoms with Gasteiger partial charge in [-0.3, -0.25) is 14.8 Å². The highest BCUT2D eigenvalue weighted by Crippen LogP contribution is 2.15. The third-order valence-electron chi connectivity index (χ3n) is 4.06. The van der Waals surface area contributed by atoms with Crippen molar-refractivity contribution >= 4 is 37.2 Å². The van der Waals surface area contributed by atoms with E-state index in [1.165, 1.54) is 18.5 Å². The van der Waals surface area contributed by atoms with Crippen LogP contribution in [0.4, 0.5) is 0 Å². The van der Waals surface area contributed by atoms with E-state index in [2.05, 4.69) is 26.9 Å². The maximum atomic E-state index is 5.71. The van der Waals surface area contributed by atoms with Gasteiger partial charge in [0.15, 0.2) is 0 Å². The predicted molar refractivity (Wildman–Crippen MR) is 96.7 cm³/mol. The van der Waals surface area contributed by atoms with Gasteiger partial charge in [0.05, 0.1) is 11.8 Å². The smallest absolute Gasteiger partial charge is 0.0702 e. The van der Waals surface area contributed by atoms with E-state index in [4.69, 9.17) is 4.74 Å². The summed E-state index contributed by atoms with van der Waals surface area (Å²) in [5.41, 5.74) is 1.18. The quantitative estimate of drug-likeness (QED) is 0.814. The van der Waals surface area contributed by atoms with Crippen molar-refractivity contribution < 1.29 is 4.74 Å². The van der Waals surface area contributed by atoms with Crippen LogP contribution < -0.4 is 0 Å². The zero-order valence-corrected chi connectivity index (χ0v) is 15.2. The molecule has 2 saturated heterocycles. The second-order valence-corrected chi connectivity index (χ2v) is 5.53. The second-order valence-electron chi connectivity index (χ2n) is 5.53. The van der Waals surface area contributed by atoms with E-state index in [1.54, 1.807) is 0 Å². The average Bonchev–Trinajstić information content (AvgIpc) is 2.95. The van der Waals surface area contributed by atoms with Gasteiger partial charge < -0.3 is 4.74 Å². The first-order valence-corrected chi connectivity index (χ1v) is 7.36. The summed E-state index contributed by atoms with van der Waals surface area (Å²) >= 11 is 0. The Balaban J connectivity index is 0.00000147. The number of pyridine rings is 1. The molecule has 128 valence electrons. The number of rotatable bonds is 4. The van der Waals surface area contributed by atoms with Gasteiger partial charge in [-0.05, 0) is 25.0 Å². The minimum Gasteiger partial charge on any atom is -0.377 e. The van der Waals surface area contributed by atoms with E-state index in [-0.39, 0.29) is 37.2 Å². The van der Waals surface area contributed by atoms with Gasteiger partial charge in [-0.25, -0.2) is 0 Å². The van der Waals surface area contributed by atoms with Crippen molar-refractivity contribution in [2.75, 3.05) is 39.3 Å². The number of nitrogens with zero attached hydrogens (tertiary/aromatic N) is 3. The standard InChI is InChI=1S/C15H23N3O.3ClH/c1-2-6-16-14(4-1)12-17-7-9-18(10-8-17)13-15-5-3-11-19-15;;;/h1-2,4,6,15H,3,5,7-13H2;3*1H. The van der Waals surface area contributed by atoms with Crippen LogP contribution in [0.25, 0.3) is 0 Å². The summed E-state index contributed by atoms with van der Waals surface area (Å²) in [6, 6.07) is 6.15. The van der Waals surface area contributed by atoms with E-state index >= 15 is 0 Å². The molecule has 7 heteroatoms. The van der Waals surface area contributed by atoms with Crippen molar-refractivity contribution in [2.24, 2.45) is 0 Å². The van der Waals surface area contributed by atoms with Crippen LogP contribution in [0, 0.1) is 0 Å². The van der Waals surface area contributed by atoms with Crippen LogP contribution in [-0.2, 0) is 11.3 Å². The lowest BCUT2D eigenvalue weighted by molar-refractivity contribution is 0.0487. The molecule has 1 aromatic rings. The number of hydrogen-bond donors (Lipinski definition) is 0. The lowest BCUT2D eigenvalue weighted by Crippen LogP contribution is -2.48. The molecule has 0 spiro atoms. The fourth-order valence-electron chi connectivity index (χ4n) is 2.93. The molecule has 2 aliphatic rings. The van der Waals surface area contributed by atoms with Crippen LogP contribution in [0.15, 0.2) is 24.4 Å². The molecule has 4 nitrogen and oxygen atoms in total. The Morgan fingerprint density at radius 3 is 2.36 bits per heavy atom. The van der Waals surface area contributed by atoms with Crippen molar-refractivity contribution in [3.8, 4) is 0 Å². The normalized spacial score (nSPS) is 22.3. The highest BCUT2D eigenvalue weighted by Gasteiger charge is 2.22. The minimum absolute atomic E-state index is 0. The van der Waals surface area contributed by atoms with E-state index < -0.39 is 0 Å². The zero-order chi connectivity index (χ0) is 12.9. The Hall–Kier alpha value is -0.100. The monoisotopic (exact) mass is 369 g/mol. The Labute approximate surface area is 151 Å². The van der Waals surface area contributed by atoms with Crippen molar-refractivity contribution in [1.82, 2.24) is 14.8 Å². The van der Waals surface area contributed by atoms with Crippen LogP contribution in [0.3, 0.4) is 0 Å². The predicted octanol–water partition coefficient (Wildman–Crippen LogP) is 2.64.